The Morgan fingerprint density at radius 1 is 1.29 bits per heavy atom. The van der Waals surface area contributed by atoms with E-state index in [1.54, 1.807) is 0 Å². The van der Waals surface area contributed by atoms with Crippen LogP contribution in [-0.4, -0.2) is 19.1 Å². The zero-order valence-electron chi connectivity index (χ0n) is 12.3. The zero-order chi connectivity index (χ0) is 14.9. The zero-order valence-corrected chi connectivity index (χ0v) is 12.3. The van der Waals surface area contributed by atoms with Gasteiger partial charge in [0.2, 0.25) is 0 Å². The molecule has 0 amide bonds. The molecule has 3 heteroatoms. The van der Waals surface area contributed by atoms with Crippen LogP contribution < -0.4 is 5.32 Å². The molecule has 1 aromatic carbocycles. The van der Waals surface area contributed by atoms with Crippen LogP contribution in [0.5, 0.6) is 0 Å². The van der Waals surface area contributed by atoms with E-state index in [4.69, 9.17) is 4.74 Å². The normalized spacial score (nSPS) is 14.5. The molecule has 1 N–H and O–H groups in total. The van der Waals surface area contributed by atoms with Gasteiger partial charge in [0, 0.05) is 12.2 Å². The summed E-state index contributed by atoms with van der Waals surface area (Å²) in [5.74, 6) is -0.269. The lowest BCUT2D eigenvalue weighted by Gasteiger charge is -2.12. The van der Waals surface area contributed by atoms with Gasteiger partial charge in [-0.15, -0.1) is 0 Å². The first-order valence-corrected chi connectivity index (χ1v) is 7.33. The number of carbonyl (C=O) groups excluding carboxylic acids is 1. The van der Waals surface area contributed by atoms with Gasteiger partial charge in [-0.25, -0.2) is 4.79 Å². The lowest BCUT2D eigenvalue weighted by molar-refractivity contribution is -0.138. The van der Waals surface area contributed by atoms with Crippen molar-refractivity contribution < 1.29 is 9.53 Å². The molecule has 3 nitrogen and oxygen atoms in total. The fourth-order valence-corrected chi connectivity index (χ4v) is 2.10. The van der Waals surface area contributed by atoms with Gasteiger partial charge in [0.15, 0.2) is 0 Å². The summed E-state index contributed by atoms with van der Waals surface area (Å²) in [6, 6.07) is 9.80. The molecule has 0 saturated carbocycles. The number of nitrogens with one attached hydrogen (secondary N) is 1. The van der Waals surface area contributed by atoms with Crippen molar-refractivity contribution in [1.82, 2.24) is 5.32 Å². The van der Waals surface area contributed by atoms with Crippen LogP contribution in [0.25, 0.3) is 6.08 Å². The molecule has 0 fully saturated rings. The Kier molecular flexibility index (Phi) is 5.83. The van der Waals surface area contributed by atoms with Crippen LogP contribution in [-0.2, 0) is 9.53 Å². The van der Waals surface area contributed by atoms with Crippen molar-refractivity contribution in [2.45, 2.75) is 19.8 Å². The lowest BCUT2D eigenvalue weighted by Crippen LogP contribution is -2.22. The number of carbonyl (C=O) groups is 1. The molecule has 0 aliphatic heterocycles. The number of allylic oxidation sites excluding steroid dienone is 3. The Balaban J connectivity index is 2.08. The van der Waals surface area contributed by atoms with E-state index < -0.39 is 0 Å². The molecule has 0 spiro atoms. The third-order valence-electron chi connectivity index (χ3n) is 3.16. The minimum atomic E-state index is -0.269. The summed E-state index contributed by atoms with van der Waals surface area (Å²) in [5.41, 5.74) is 2.68. The first-order chi connectivity index (χ1) is 10.3. The molecule has 0 heterocycles. The van der Waals surface area contributed by atoms with Crippen LogP contribution in [0, 0.1) is 0 Å². The molecule has 110 valence electrons. The van der Waals surface area contributed by atoms with Crippen molar-refractivity contribution in [1.29, 1.82) is 0 Å². The molecule has 1 aromatic rings. The SMILES string of the molecule is CCOC(=O)/C(=C/c1ccccc1)CNC1=CCCC=C1. The monoisotopic (exact) mass is 283 g/mol. The van der Waals surface area contributed by atoms with Gasteiger partial charge in [-0.05, 0) is 37.5 Å². The van der Waals surface area contributed by atoms with Crippen LogP contribution in [0.3, 0.4) is 0 Å². The molecule has 0 unspecified atom stereocenters. The van der Waals surface area contributed by atoms with Crippen LogP contribution in [0.4, 0.5) is 0 Å². The van der Waals surface area contributed by atoms with Gasteiger partial charge in [-0.1, -0.05) is 42.5 Å². The maximum Gasteiger partial charge on any atom is 0.335 e. The lowest BCUT2D eigenvalue weighted by atomic mass is 10.1. The van der Waals surface area contributed by atoms with E-state index in [1.807, 2.05) is 43.3 Å². The summed E-state index contributed by atoms with van der Waals surface area (Å²) in [7, 11) is 0. The second kappa shape index (κ2) is 8.10. The van der Waals surface area contributed by atoms with Gasteiger partial charge in [0.25, 0.3) is 0 Å². The highest BCUT2D eigenvalue weighted by molar-refractivity contribution is 5.94. The van der Waals surface area contributed by atoms with Crippen LogP contribution in [0.15, 0.2) is 59.8 Å². The Hall–Kier alpha value is -2.29. The average molecular weight is 283 g/mol. The largest absolute Gasteiger partial charge is 0.463 e. The molecule has 21 heavy (non-hydrogen) atoms. The summed E-state index contributed by atoms with van der Waals surface area (Å²) in [6.45, 7) is 2.66. The van der Waals surface area contributed by atoms with Crippen LogP contribution in [0.2, 0.25) is 0 Å². The van der Waals surface area contributed by atoms with E-state index >= 15 is 0 Å². The number of ether oxygens (including phenoxy) is 1. The summed E-state index contributed by atoms with van der Waals surface area (Å²) >= 11 is 0. The first-order valence-electron chi connectivity index (χ1n) is 7.33. The molecule has 0 radical (unpaired) electrons. The summed E-state index contributed by atoms with van der Waals surface area (Å²) in [6.07, 6.45) is 10.3. The smallest absolute Gasteiger partial charge is 0.335 e. The molecular weight excluding hydrogens is 262 g/mol. The van der Waals surface area contributed by atoms with E-state index in [1.165, 1.54) is 0 Å². The topological polar surface area (TPSA) is 38.3 Å². The Labute approximate surface area is 126 Å². The molecule has 0 aromatic heterocycles. The number of benzene rings is 1. The van der Waals surface area contributed by atoms with Gasteiger partial charge in [-0.2, -0.15) is 0 Å². The number of esters is 1. The van der Waals surface area contributed by atoms with E-state index in [0.717, 1.165) is 24.1 Å². The molecule has 0 bridgehead atoms. The summed E-state index contributed by atoms with van der Waals surface area (Å²) < 4.78 is 5.13. The maximum absolute atomic E-state index is 12.1. The minimum Gasteiger partial charge on any atom is -0.463 e. The van der Waals surface area contributed by atoms with Gasteiger partial charge in [0.1, 0.15) is 0 Å². The van der Waals surface area contributed by atoms with E-state index in [0.29, 0.717) is 18.7 Å². The van der Waals surface area contributed by atoms with Crippen molar-refractivity contribution in [3.63, 3.8) is 0 Å². The van der Waals surface area contributed by atoms with Crippen LogP contribution >= 0.6 is 0 Å². The molecular formula is C18H21NO2. The Morgan fingerprint density at radius 2 is 2.10 bits per heavy atom. The third kappa shape index (κ3) is 4.95. The molecule has 2 rings (SSSR count). The second-order valence-corrected chi connectivity index (χ2v) is 4.79. The van der Waals surface area contributed by atoms with E-state index in [-0.39, 0.29) is 5.97 Å². The van der Waals surface area contributed by atoms with E-state index in [9.17, 15) is 4.79 Å². The highest BCUT2D eigenvalue weighted by Gasteiger charge is 2.11. The minimum absolute atomic E-state index is 0.269. The summed E-state index contributed by atoms with van der Waals surface area (Å²) in [4.78, 5) is 12.1. The quantitative estimate of drug-likeness (QED) is 0.642. The predicted octanol–water partition coefficient (Wildman–Crippen LogP) is 3.46. The molecule has 1 aliphatic rings. The molecule has 1 aliphatic carbocycles. The first kappa shape index (κ1) is 15.1. The number of hydrogen-bond acceptors (Lipinski definition) is 3. The predicted molar refractivity (Wildman–Crippen MR) is 85.5 cm³/mol. The van der Waals surface area contributed by atoms with Crippen molar-refractivity contribution in [2.75, 3.05) is 13.2 Å². The number of rotatable bonds is 6. The van der Waals surface area contributed by atoms with Crippen molar-refractivity contribution in [2.24, 2.45) is 0 Å². The second-order valence-electron chi connectivity index (χ2n) is 4.79. The van der Waals surface area contributed by atoms with Crippen molar-refractivity contribution in [3.05, 3.63) is 65.4 Å². The Morgan fingerprint density at radius 3 is 2.76 bits per heavy atom. The Bertz CT molecular complexity index is 556. The van der Waals surface area contributed by atoms with Gasteiger partial charge in [-0.3, -0.25) is 0 Å². The van der Waals surface area contributed by atoms with Gasteiger partial charge in [0.05, 0.1) is 12.2 Å². The highest BCUT2D eigenvalue weighted by atomic mass is 16.5. The average Bonchev–Trinajstić information content (AvgIpc) is 2.53. The third-order valence-corrected chi connectivity index (χ3v) is 3.16. The van der Waals surface area contributed by atoms with Gasteiger partial charge >= 0.3 is 5.97 Å². The molecule has 0 saturated heterocycles. The van der Waals surface area contributed by atoms with Crippen molar-refractivity contribution >= 4 is 12.0 Å². The van der Waals surface area contributed by atoms with Crippen molar-refractivity contribution in [3.8, 4) is 0 Å². The maximum atomic E-state index is 12.1. The molecule has 0 atom stereocenters. The summed E-state index contributed by atoms with van der Waals surface area (Å²) in [5, 5.41) is 3.29. The number of hydrogen-bond donors (Lipinski definition) is 1. The fraction of sp³-hybridized carbons (Fsp3) is 0.278. The highest BCUT2D eigenvalue weighted by Crippen LogP contribution is 2.10. The van der Waals surface area contributed by atoms with E-state index in [2.05, 4.69) is 23.5 Å². The van der Waals surface area contributed by atoms with Crippen LogP contribution in [0.1, 0.15) is 25.3 Å². The van der Waals surface area contributed by atoms with Gasteiger partial charge < -0.3 is 10.1 Å². The fourth-order valence-electron chi connectivity index (χ4n) is 2.10. The standard InChI is InChI=1S/C18H21NO2/c1-2-21-18(20)16(13-15-9-5-3-6-10-15)14-19-17-11-7-4-8-12-17/h3,5-7,9-13,19H,2,4,8,14H2,1H3/b16-13+.